The third-order valence-corrected chi connectivity index (χ3v) is 3.68. The van der Waals surface area contributed by atoms with Crippen molar-refractivity contribution in [1.82, 2.24) is 15.7 Å². The summed E-state index contributed by atoms with van der Waals surface area (Å²) in [6.07, 6.45) is 0. The maximum atomic E-state index is 5.24. The van der Waals surface area contributed by atoms with Crippen molar-refractivity contribution < 1.29 is 4.84 Å². The average Bonchev–Trinajstić information content (AvgIpc) is 3.10. The van der Waals surface area contributed by atoms with Crippen LogP contribution >= 0.6 is 0 Å². The first-order valence-corrected chi connectivity index (χ1v) is 7.25. The van der Waals surface area contributed by atoms with Gasteiger partial charge in [0, 0.05) is 19.6 Å². The molecule has 1 aromatic carbocycles. The fraction of sp³-hybridized carbons (Fsp3) is 0.267. The summed E-state index contributed by atoms with van der Waals surface area (Å²) in [6.45, 7) is 3.05. The lowest BCUT2D eigenvalue weighted by atomic mass is 10.2. The lowest BCUT2D eigenvalue weighted by Crippen LogP contribution is -2.34. The van der Waals surface area contributed by atoms with Crippen molar-refractivity contribution in [2.24, 2.45) is 4.99 Å². The van der Waals surface area contributed by atoms with Crippen LogP contribution in [0.5, 0.6) is 0 Å². The van der Waals surface area contributed by atoms with Gasteiger partial charge in [-0.3, -0.25) is 0 Å². The molecule has 2 aliphatic heterocycles. The number of benzene rings is 1. The molecule has 0 saturated heterocycles. The van der Waals surface area contributed by atoms with Crippen molar-refractivity contribution in [2.45, 2.75) is 6.54 Å². The molecular weight excluding hydrogens is 280 g/mol. The molecule has 0 atom stereocenters. The Bertz CT molecular complexity index is 702. The Morgan fingerprint density at radius 1 is 1.18 bits per heavy atom. The minimum absolute atomic E-state index is 0.445. The normalized spacial score (nSPS) is 16.5. The first-order chi connectivity index (χ1) is 10.9. The Hall–Kier alpha value is -2.67. The molecule has 22 heavy (non-hydrogen) atoms. The number of nitrogens with one attached hydrogen (secondary N) is 2. The molecule has 0 saturated carbocycles. The van der Waals surface area contributed by atoms with Crippen molar-refractivity contribution >= 4 is 17.4 Å². The summed E-state index contributed by atoms with van der Waals surface area (Å²) in [4.78, 5) is 11.7. The van der Waals surface area contributed by atoms with Gasteiger partial charge in [-0.05, 0) is 11.6 Å². The number of nitrogens with zero attached hydrogens (tertiary/aromatic N) is 4. The van der Waals surface area contributed by atoms with Crippen LogP contribution in [0.1, 0.15) is 11.3 Å². The van der Waals surface area contributed by atoms with Crippen molar-refractivity contribution in [3.8, 4) is 0 Å². The van der Waals surface area contributed by atoms with E-state index in [-0.39, 0.29) is 0 Å². The quantitative estimate of drug-likeness (QED) is 0.885. The molecule has 2 aliphatic rings. The second kappa shape index (κ2) is 5.61. The van der Waals surface area contributed by atoms with Crippen LogP contribution in [-0.2, 0) is 11.4 Å². The smallest absolute Gasteiger partial charge is 0.262 e. The van der Waals surface area contributed by atoms with Crippen molar-refractivity contribution in [3.63, 3.8) is 0 Å². The highest BCUT2D eigenvalue weighted by molar-refractivity contribution is 5.94. The highest BCUT2D eigenvalue weighted by Gasteiger charge is 2.22. The van der Waals surface area contributed by atoms with Gasteiger partial charge in [0.1, 0.15) is 6.67 Å². The van der Waals surface area contributed by atoms with E-state index in [1.807, 2.05) is 12.1 Å². The van der Waals surface area contributed by atoms with E-state index in [2.05, 4.69) is 55.2 Å². The summed E-state index contributed by atoms with van der Waals surface area (Å²) in [7, 11) is 0. The molecule has 112 valence electrons. The van der Waals surface area contributed by atoms with Crippen LogP contribution in [0, 0.1) is 0 Å². The second-order valence-corrected chi connectivity index (χ2v) is 5.17. The third-order valence-electron chi connectivity index (χ3n) is 3.68. The van der Waals surface area contributed by atoms with Crippen LogP contribution in [0.4, 0.5) is 11.5 Å². The van der Waals surface area contributed by atoms with Gasteiger partial charge >= 0.3 is 0 Å². The summed E-state index contributed by atoms with van der Waals surface area (Å²) in [5.74, 6) is 1.29. The van der Waals surface area contributed by atoms with E-state index < -0.39 is 0 Å². The van der Waals surface area contributed by atoms with Crippen LogP contribution in [0.15, 0.2) is 41.4 Å². The molecule has 1 aromatic heterocycles. The molecule has 0 bridgehead atoms. The minimum atomic E-state index is 0.445. The summed E-state index contributed by atoms with van der Waals surface area (Å²) in [5, 5.41) is 11.7. The van der Waals surface area contributed by atoms with Gasteiger partial charge in [-0.15, -0.1) is 15.7 Å². The number of hydrogen-bond acceptors (Lipinski definition) is 7. The predicted molar refractivity (Wildman–Crippen MR) is 83.6 cm³/mol. The molecule has 2 aromatic rings. The molecule has 0 amide bonds. The number of anilines is 2. The molecule has 0 unspecified atom stereocenters. The summed E-state index contributed by atoms with van der Waals surface area (Å²) in [6, 6.07) is 12.4. The Morgan fingerprint density at radius 3 is 2.91 bits per heavy atom. The van der Waals surface area contributed by atoms with Gasteiger partial charge < -0.3 is 15.1 Å². The van der Waals surface area contributed by atoms with E-state index in [4.69, 9.17) is 4.84 Å². The lowest BCUT2D eigenvalue weighted by molar-refractivity contribution is 0.215. The first-order valence-electron chi connectivity index (χ1n) is 7.25. The van der Waals surface area contributed by atoms with Crippen molar-refractivity contribution in [2.75, 3.05) is 30.0 Å². The number of hydrogen-bond donors (Lipinski definition) is 2. The number of aromatic nitrogens is 2. The monoisotopic (exact) mass is 296 g/mol. The SMILES string of the molecule is c1ccc(CN2CCNc3nnc(C4=NCNO4)cc32)cc1. The fourth-order valence-corrected chi connectivity index (χ4v) is 2.62. The summed E-state index contributed by atoms with van der Waals surface area (Å²) < 4.78 is 0. The van der Waals surface area contributed by atoms with E-state index in [1.165, 1.54) is 5.56 Å². The number of fused-ring (bicyclic) bond motifs is 1. The van der Waals surface area contributed by atoms with Crippen molar-refractivity contribution in [3.05, 3.63) is 47.7 Å². The third kappa shape index (κ3) is 2.46. The lowest BCUT2D eigenvalue weighted by Gasteiger charge is -2.31. The van der Waals surface area contributed by atoms with Gasteiger partial charge in [0.05, 0.1) is 5.69 Å². The summed E-state index contributed by atoms with van der Waals surface area (Å²) in [5.41, 5.74) is 5.64. The minimum Gasteiger partial charge on any atom is -0.384 e. The van der Waals surface area contributed by atoms with Gasteiger partial charge in [0.2, 0.25) is 0 Å². The molecular formula is C15H16N6O. The zero-order chi connectivity index (χ0) is 14.8. The molecule has 0 fully saturated rings. The standard InChI is InChI=1S/C15H16N6O/c1-2-4-11(5-3-1)9-21-7-6-16-14-13(21)8-12(19-20-14)15-17-10-18-22-15/h1-5,8,18H,6-7,9-10H2,(H,16,20). The molecule has 4 rings (SSSR count). The van der Waals surface area contributed by atoms with Gasteiger partial charge in [-0.1, -0.05) is 30.3 Å². The van der Waals surface area contributed by atoms with Gasteiger partial charge in [-0.2, -0.15) is 0 Å². The van der Waals surface area contributed by atoms with Crippen LogP contribution in [-0.4, -0.2) is 35.9 Å². The number of rotatable bonds is 3. The zero-order valence-corrected chi connectivity index (χ0v) is 12.0. The Labute approximate surface area is 128 Å². The number of hydroxylamine groups is 1. The fourth-order valence-electron chi connectivity index (χ4n) is 2.62. The molecule has 0 aliphatic carbocycles. The van der Waals surface area contributed by atoms with E-state index in [1.54, 1.807) is 0 Å². The Balaban J connectivity index is 1.65. The molecule has 7 nitrogen and oxygen atoms in total. The predicted octanol–water partition coefficient (Wildman–Crippen LogP) is 1.15. The molecule has 7 heteroatoms. The summed E-state index contributed by atoms with van der Waals surface area (Å²) >= 11 is 0. The Kier molecular flexibility index (Phi) is 3.32. The Morgan fingerprint density at radius 2 is 2.09 bits per heavy atom. The molecule has 3 heterocycles. The zero-order valence-electron chi connectivity index (χ0n) is 12.0. The maximum Gasteiger partial charge on any atom is 0.262 e. The van der Waals surface area contributed by atoms with Crippen LogP contribution in [0.3, 0.4) is 0 Å². The number of aliphatic imine (C=N–C) groups is 1. The van der Waals surface area contributed by atoms with Crippen LogP contribution in [0.25, 0.3) is 0 Å². The highest BCUT2D eigenvalue weighted by Crippen LogP contribution is 2.28. The van der Waals surface area contributed by atoms with Crippen LogP contribution < -0.4 is 15.7 Å². The largest absolute Gasteiger partial charge is 0.384 e. The maximum absolute atomic E-state index is 5.24. The first kappa shape index (κ1) is 13.0. The molecule has 0 radical (unpaired) electrons. The van der Waals surface area contributed by atoms with Gasteiger partial charge in [0.15, 0.2) is 11.5 Å². The van der Waals surface area contributed by atoms with E-state index in [9.17, 15) is 0 Å². The van der Waals surface area contributed by atoms with Gasteiger partial charge in [0.25, 0.3) is 5.90 Å². The van der Waals surface area contributed by atoms with E-state index >= 15 is 0 Å². The van der Waals surface area contributed by atoms with E-state index in [0.29, 0.717) is 18.3 Å². The second-order valence-electron chi connectivity index (χ2n) is 5.17. The van der Waals surface area contributed by atoms with Crippen LogP contribution in [0.2, 0.25) is 0 Å². The van der Waals surface area contributed by atoms with E-state index in [0.717, 1.165) is 31.1 Å². The topological polar surface area (TPSA) is 74.7 Å². The van der Waals surface area contributed by atoms with Gasteiger partial charge in [-0.25, -0.2) is 4.99 Å². The molecule has 2 N–H and O–H groups in total. The van der Waals surface area contributed by atoms with Crippen molar-refractivity contribution in [1.29, 1.82) is 0 Å². The average molecular weight is 296 g/mol. The molecule has 0 spiro atoms. The highest BCUT2D eigenvalue weighted by atomic mass is 16.7.